The summed E-state index contributed by atoms with van der Waals surface area (Å²) in [7, 11) is 0. The molecule has 2 nitrogen and oxygen atoms in total. The van der Waals surface area contributed by atoms with Gasteiger partial charge >= 0.3 is 0 Å². The summed E-state index contributed by atoms with van der Waals surface area (Å²) in [6, 6.07) is 0.753. The van der Waals surface area contributed by atoms with E-state index in [0.29, 0.717) is 0 Å². The Morgan fingerprint density at radius 1 is 1.29 bits per heavy atom. The highest BCUT2D eigenvalue weighted by molar-refractivity contribution is 7.11. The van der Waals surface area contributed by atoms with Crippen LogP contribution >= 0.6 is 11.3 Å². The monoisotopic (exact) mass is 250 g/mol. The molecule has 2 aliphatic rings. The van der Waals surface area contributed by atoms with Crippen LogP contribution in [-0.2, 0) is 5.54 Å². The average Bonchev–Trinajstić information content (AvgIpc) is 3.15. The number of thiazole rings is 1. The predicted molar refractivity (Wildman–Crippen MR) is 72.4 cm³/mol. The highest BCUT2D eigenvalue weighted by Crippen LogP contribution is 2.43. The van der Waals surface area contributed by atoms with Gasteiger partial charge in [-0.2, -0.15) is 0 Å². The van der Waals surface area contributed by atoms with Gasteiger partial charge in [0, 0.05) is 10.9 Å². The average molecular weight is 250 g/mol. The fourth-order valence-electron chi connectivity index (χ4n) is 2.49. The Labute approximate surface area is 108 Å². The second-order valence-electron chi connectivity index (χ2n) is 6.06. The van der Waals surface area contributed by atoms with Crippen LogP contribution in [0.4, 0.5) is 0 Å². The number of rotatable bonds is 5. The van der Waals surface area contributed by atoms with Gasteiger partial charge in [0.15, 0.2) is 0 Å². The molecule has 1 unspecified atom stereocenters. The van der Waals surface area contributed by atoms with Crippen molar-refractivity contribution in [2.24, 2.45) is 5.92 Å². The van der Waals surface area contributed by atoms with Crippen molar-refractivity contribution in [1.82, 2.24) is 10.3 Å². The van der Waals surface area contributed by atoms with Crippen molar-refractivity contribution in [3.05, 3.63) is 15.6 Å². The van der Waals surface area contributed by atoms with E-state index in [2.05, 4.69) is 26.1 Å². The first-order valence-electron chi connectivity index (χ1n) is 6.79. The standard InChI is InChI=1S/C14H22N2S/c1-9-10(2)17-13(15-9)14(3,8-11-4-5-11)16-12-6-7-12/h11-12,16H,4-8H2,1-3H3. The molecule has 2 aliphatic carbocycles. The number of hydrogen-bond donors (Lipinski definition) is 1. The molecule has 0 saturated heterocycles. The predicted octanol–water partition coefficient (Wildman–Crippen LogP) is 3.53. The molecule has 0 aliphatic heterocycles. The second-order valence-corrected chi connectivity index (χ2v) is 7.26. The van der Waals surface area contributed by atoms with Gasteiger partial charge in [-0.05, 0) is 46.0 Å². The zero-order valence-electron chi connectivity index (χ0n) is 11.0. The van der Waals surface area contributed by atoms with Gasteiger partial charge in [-0.1, -0.05) is 12.8 Å². The first-order chi connectivity index (χ1) is 8.07. The Hall–Kier alpha value is -0.410. The van der Waals surface area contributed by atoms with E-state index in [-0.39, 0.29) is 5.54 Å². The summed E-state index contributed by atoms with van der Waals surface area (Å²) in [6.45, 7) is 6.68. The van der Waals surface area contributed by atoms with Gasteiger partial charge in [0.25, 0.3) is 0 Å². The Morgan fingerprint density at radius 2 is 2.00 bits per heavy atom. The third-order valence-corrected chi connectivity index (χ3v) is 5.33. The molecule has 0 radical (unpaired) electrons. The van der Waals surface area contributed by atoms with Crippen LogP contribution in [0.5, 0.6) is 0 Å². The molecule has 0 spiro atoms. The smallest absolute Gasteiger partial charge is 0.113 e. The van der Waals surface area contributed by atoms with E-state index in [1.165, 1.54) is 47.7 Å². The van der Waals surface area contributed by atoms with E-state index < -0.39 is 0 Å². The molecular formula is C14H22N2S. The van der Waals surface area contributed by atoms with Crippen LogP contribution in [0, 0.1) is 19.8 Å². The summed E-state index contributed by atoms with van der Waals surface area (Å²) in [4.78, 5) is 6.17. The molecule has 1 aromatic rings. The summed E-state index contributed by atoms with van der Waals surface area (Å²) in [5, 5.41) is 5.15. The Morgan fingerprint density at radius 3 is 2.47 bits per heavy atom. The van der Waals surface area contributed by atoms with Gasteiger partial charge in [0.2, 0.25) is 0 Å². The van der Waals surface area contributed by atoms with Gasteiger partial charge in [0.05, 0.1) is 11.2 Å². The van der Waals surface area contributed by atoms with E-state index >= 15 is 0 Å². The molecule has 3 heteroatoms. The van der Waals surface area contributed by atoms with E-state index in [1.807, 2.05) is 11.3 Å². The van der Waals surface area contributed by atoms with Gasteiger partial charge in [-0.25, -0.2) is 4.98 Å². The normalized spacial score (nSPS) is 23.7. The fraction of sp³-hybridized carbons (Fsp3) is 0.786. The maximum absolute atomic E-state index is 4.80. The molecule has 1 heterocycles. The molecule has 0 aromatic carbocycles. The van der Waals surface area contributed by atoms with E-state index in [4.69, 9.17) is 4.98 Å². The highest BCUT2D eigenvalue weighted by Gasteiger charge is 2.40. The molecule has 0 bridgehead atoms. The minimum absolute atomic E-state index is 0.131. The summed E-state index contributed by atoms with van der Waals surface area (Å²) in [5.41, 5.74) is 1.34. The maximum Gasteiger partial charge on any atom is 0.113 e. The molecule has 1 atom stereocenters. The van der Waals surface area contributed by atoms with E-state index in [1.54, 1.807) is 0 Å². The van der Waals surface area contributed by atoms with Gasteiger partial charge in [-0.3, -0.25) is 0 Å². The van der Waals surface area contributed by atoms with Crippen LogP contribution < -0.4 is 5.32 Å². The van der Waals surface area contributed by atoms with Crippen molar-refractivity contribution in [3.63, 3.8) is 0 Å². The maximum atomic E-state index is 4.80. The SMILES string of the molecule is Cc1nc(C(C)(CC2CC2)NC2CC2)sc1C. The van der Waals surface area contributed by atoms with E-state index in [0.717, 1.165) is 12.0 Å². The van der Waals surface area contributed by atoms with Crippen molar-refractivity contribution < 1.29 is 0 Å². The summed E-state index contributed by atoms with van der Waals surface area (Å²) >= 11 is 1.89. The van der Waals surface area contributed by atoms with Crippen molar-refractivity contribution in [2.45, 2.75) is 64.5 Å². The number of nitrogens with zero attached hydrogens (tertiary/aromatic N) is 1. The summed E-state index contributed by atoms with van der Waals surface area (Å²) < 4.78 is 0. The largest absolute Gasteiger partial charge is 0.303 e. The minimum atomic E-state index is 0.131. The van der Waals surface area contributed by atoms with Crippen LogP contribution in [0.3, 0.4) is 0 Å². The lowest BCUT2D eigenvalue weighted by atomic mass is 9.95. The zero-order valence-corrected chi connectivity index (χ0v) is 11.9. The minimum Gasteiger partial charge on any atom is -0.303 e. The van der Waals surface area contributed by atoms with Gasteiger partial charge < -0.3 is 5.32 Å². The molecule has 1 aromatic heterocycles. The molecule has 17 heavy (non-hydrogen) atoms. The van der Waals surface area contributed by atoms with Gasteiger partial charge in [0.1, 0.15) is 5.01 Å². The van der Waals surface area contributed by atoms with Crippen LogP contribution in [-0.4, -0.2) is 11.0 Å². The summed E-state index contributed by atoms with van der Waals surface area (Å²) in [6.07, 6.45) is 6.82. The Bertz CT molecular complexity index is 382. The van der Waals surface area contributed by atoms with Crippen molar-refractivity contribution in [3.8, 4) is 0 Å². The van der Waals surface area contributed by atoms with Gasteiger partial charge in [-0.15, -0.1) is 11.3 Å². The fourth-order valence-corrected chi connectivity index (χ4v) is 3.53. The first kappa shape index (κ1) is 11.7. The number of nitrogens with one attached hydrogen (secondary N) is 1. The third-order valence-electron chi connectivity index (χ3n) is 3.99. The van der Waals surface area contributed by atoms with Crippen molar-refractivity contribution in [2.75, 3.05) is 0 Å². The lowest BCUT2D eigenvalue weighted by Gasteiger charge is -2.29. The van der Waals surface area contributed by atoms with Crippen LogP contribution in [0.15, 0.2) is 0 Å². The van der Waals surface area contributed by atoms with Crippen molar-refractivity contribution in [1.29, 1.82) is 0 Å². The number of aryl methyl sites for hydroxylation is 2. The topological polar surface area (TPSA) is 24.9 Å². The molecule has 2 saturated carbocycles. The van der Waals surface area contributed by atoms with Crippen molar-refractivity contribution >= 4 is 11.3 Å². The highest BCUT2D eigenvalue weighted by atomic mass is 32.1. The number of aromatic nitrogens is 1. The molecule has 1 N–H and O–H groups in total. The molecule has 0 amide bonds. The molecule has 94 valence electrons. The molecular weight excluding hydrogens is 228 g/mol. The van der Waals surface area contributed by atoms with Crippen LogP contribution in [0.2, 0.25) is 0 Å². The first-order valence-corrected chi connectivity index (χ1v) is 7.61. The number of hydrogen-bond acceptors (Lipinski definition) is 3. The van der Waals surface area contributed by atoms with Crippen LogP contribution in [0.25, 0.3) is 0 Å². The Kier molecular flexibility index (Phi) is 2.79. The third kappa shape index (κ3) is 2.55. The van der Waals surface area contributed by atoms with E-state index in [9.17, 15) is 0 Å². The quantitative estimate of drug-likeness (QED) is 0.865. The molecule has 3 rings (SSSR count). The molecule has 2 fully saturated rings. The zero-order chi connectivity index (χ0) is 12.0. The lowest BCUT2D eigenvalue weighted by Crippen LogP contribution is -2.41. The Balaban J connectivity index is 1.84. The lowest BCUT2D eigenvalue weighted by molar-refractivity contribution is 0.317. The second kappa shape index (κ2) is 4.06. The summed E-state index contributed by atoms with van der Waals surface area (Å²) in [5.74, 6) is 0.941. The van der Waals surface area contributed by atoms with Crippen LogP contribution in [0.1, 0.15) is 54.6 Å².